The number of likely N-dealkylation sites (tertiary alicyclic amines) is 1. The molecule has 0 saturated carbocycles. The second-order valence-electron chi connectivity index (χ2n) is 7.93. The number of carbonyl (C=O) groups excluding carboxylic acids is 1. The van der Waals surface area contributed by atoms with Crippen molar-refractivity contribution in [1.82, 2.24) is 20.0 Å². The van der Waals surface area contributed by atoms with Crippen LogP contribution in [0.4, 0.5) is 5.82 Å². The maximum absolute atomic E-state index is 12.2. The van der Waals surface area contributed by atoms with E-state index in [1.165, 1.54) is 6.20 Å². The van der Waals surface area contributed by atoms with Gasteiger partial charge in [-0.2, -0.15) is 10.3 Å². The molecule has 3 atom stereocenters. The number of carbonyl (C=O) groups is 1. The Hall–Kier alpha value is -1.80. The Balaban J connectivity index is 1.18. The normalized spacial score (nSPS) is 29.4. The van der Waals surface area contributed by atoms with Crippen LogP contribution >= 0.6 is 11.6 Å². The first-order valence-electron chi connectivity index (χ1n) is 10.0. The summed E-state index contributed by atoms with van der Waals surface area (Å²) >= 11 is 5.81. The van der Waals surface area contributed by atoms with Gasteiger partial charge < -0.3 is 5.32 Å². The van der Waals surface area contributed by atoms with E-state index in [2.05, 4.69) is 21.3 Å². The van der Waals surface area contributed by atoms with Gasteiger partial charge in [0, 0.05) is 38.4 Å². The number of amides is 1. The van der Waals surface area contributed by atoms with E-state index in [9.17, 15) is 10.1 Å². The molecule has 2 bridgehead atoms. The number of hydrogen-bond acceptors (Lipinski definition) is 8. The molecule has 29 heavy (non-hydrogen) atoms. The zero-order valence-electron chi connectivity index (χ0n) is 16.3. The molecule has 156 valence electrons. The average Bonchev–Trinajstić information content (AvgIpc) is 3.35. The first-order chi connectivity index (χ1) is 14.0. The molecule has 0 radical (unpaired) electrons. The number of aromatic nitrogens is 1. The molecule has 4 aliphatic heterocycles. The van der Waals surface area contributed by atoms with Crippen molar-refractivity contribution in [1.29, 1.82) is 5.26 Å². The van der Waals surface area contributed by atoms with Gasteiger partial charge in [0.15, 0.2) is 5.54 Å². The molecule has 0 aromatic carbocycles. The summed E-state index contributed by atoms with van der Waals surface area (Å²) in [7, 11) is 0. The van der Waals surface area contributed by atoms with Crippen LogP contribution in [0.2, 0.25) is 5.02 Å². The fourth-order valence-electron chi connectivity index (χ4n) is 4.42. The summed E-state index contributed by atoms with van der Waals surface area (Å²) in [5.41, 5.74) is -0.494. The predicted octanol–water partition coefficient (Wildman–Crippen LogP) is 0.986. The Morgan fingerprint density at radius 1 is 1.41 bits per heavy atom. The summed E-state index contributed by atoms with van der Waals surface area (Å²) in [5, 5.41) is 16.6. The SMILES string of the molecule is N#CC1(CCN(N)C2CCN(CC(=O)Nc3ccc(Cl)cn3)CC2)C2CCN1O2. The van der Waals surface area contributed by atoms with Crippen molar-refractivity contribution in [3.63, 3.8) is 0 Å². The number of hydrogen-bond donors (Lipinski definition) is 2. The molecule has 0 aliphatic carbocycles. The van der Waals surface area contributed by atoms with Crippen molar-refractivity contribution in [3.8, 4) is 6.07 Å². The monoisotopic (exact) mass is 419 g/mol. The lowest BCUT2D eigenvalue weighted by molar-refractivity contribution is -0.318. The number of nitrogens with one attached hydrogen (secondary N) is 1. The Kier molecular flexibility index (Phi) is 6.01. The maximum atomic E-state index is 12.2. The fourth-order valence-corrected chi connectivity index (χ4v) is 4.53. The topological polar surface area (TPSA) is 111 Å². The lowest BCUT2D eigenvalue weighted by atomic mass is 9.89. The zero-order valence-corrected chi connectivity index (χ0v) is 17.0. The lowest BCUT2D eigenvalue weighted by Crippen LogP contribution is -2.63. The molecule has 4 fully saturated rings. The summed E-state index contributed by atoms with van der Waals surface area (Å²) in [4.78, 5) is 24.0. The van der Waals surface area contributed by atoms with E-state index in [-0.39, 0.29) is 18.1 Å². The molecule has 1 amide bonds. The second-order valence-corrected chi connectivity index (χ2v) is 8.36. The van der Waals surface area contributed by atoms with E-state index < -0.39 is 5.54 Å². The number of pyridine rings is 1. The number of hydroxylamine groups is 2. The van der Waals surface area contributed by atoms with Gasteiger partial charge in [-0.15, -0.1) is 0 Å². The first-order valence-corrected chi connectivity index (χ1v) is 10.4. The van der Waals surface area contributed by atoms with Crippen molar-refractivity contribution < 1.29 is 9.63 Å². The van der Waals surface area contributed by atoms with Crippen LogP contribution in [0.5, 0.6) is 0 Å². The third-order valence-corrected chi connectivity index (χ3v) is 6.38. The van der Waals surface area contributed by atoms with Crippen LogP contribution in [-0.2, 0) is 9.63 Å². The highest BCUT2D eigenvalue weighted by atomic mass is 35.5. The van der Waals surface area contributed by atoms with Gasteiger partial charge in [0.25, 0.3) is 0 Å². The summed E-state index contributed by atoms with van der Waals surface area (Å²) in [5.74, 6) is 6.72. The molecular weight excluding hydrogens is 394 g/mol. The quantitative estimate of drug-likeness (QED) is 0.497. The Labute approximate surface area is 175 Å². The van der Waals surface area contributed by atoms with Gasteiger partial charge in [-0.05, 0) is 37.8 Å². The number of fused-ring (bicyclic) bond motifs is 1. The molecule has 4 aliphatic rings. The number of nitrogens with zero attached hydrogens (tertiary/aromatic N) is 5. The fraction of sp³-hybridized carbons (Fsp3) is 0.632. The molecule has 5 heterocycles. The van der Waals surface area contributed by atoms with Crippen LogP contribution < -0.4 is 11.2 Å². The zero-order chi connectivity index (χ0) is 20.4. The number of anilines is 1. The van der Waals surface area contributed by atoms with Crippen molar-refractivity contribution in [3.05, 3.63) is 23.4 Å². The molecular formula is C19H26ClN7O2. The third-order valence-electron chi connectivity index (χ3n) is 6.16. The molecule has 0 spiro atoms. The van der Waals surface area contributed by atoms with Gasteiger partial charge in [0.05, 0.1) is 17.6 Å². The highest BCUT2D eigenvalue weighted by Crippen LogP contribution is 2.44. The molecule has 9 nitrogen and oxygen atoms in total. The predicted molar refractivity (Wildman–Crippen MR) is 107 cm³/mol. The summed E-state index contributed by atoms with van der Waals surface area (Å²) in [6.07, 6.45) is 4.94. The van der Waals surface area contributed by atoms with Crippen LogP contribution in [0, 0.1) is 11.3 Å². The molecule has 3 N–H and O–H groups in total. The van der Waals surface area contributed by atoms with Crippen LogP contribution in [0.1, 0.15) is 25.7 Å². The minimum absolute atomic E-state index is 0.0244. The van der Waals surface area contributed by atoms with Gasteiger partial charge in [-0.25, -0.2) is 9.99 Å². The van der Waals surface area contributed by atoms with Gasteiger partial charge in [0.2, 0.25) is 5.91 Å². The van der Waals surface area contributed by atoms with Crippen molar-refractivity contribution >= 4 is 23.3 Å². The van der Waals surface area contributed by atoms with E-state index in [1.54, 1.807) is 12.1 Å². The average molecular weight is 420 g/mol. The highest BCUT2D eigenvalue weighted by Gasteiger charge is 2.60. The molecule has 10 heteroatoms. The van der Waals surface area contributed by atoms with Crippen LogP contribution in [0.25, 0.3) is 0 Å². The summed E-state index contributed by atoms with van der Waals surface area (Å²) in [6.45, 7) is 3.43. The third kappa shape index (κ3) is 4.23. The van der Waals surface area contributed by atoms with E-state index >= 15 is 0 Å². The van der Waals surface area contributed by atoms with Crippen molar-refractivity contribution in [2.75, 3.05) is 38.0 Å². The van der Waals surface area contributed by atoms with Crippen molar-refractivity contribution in [2.24, 2.45) is 5.84 Å². The summed E-state index contributed by atoms with van der Waals surface area (Å²) < 4.78 is 0. The molecule has 4 saturated heterocycles. The first kappa shape index (κ1) is 20.5. The number of nitriles is 1. The van der Waals surface area contributed by atoms with E-state index in [0.29, 0.717) is 30.4 Å². The minimum atomic E-state index is -0.494. The number of piperidine rings is 1. The van der Waals surface area contributed by atoms with Gasteiger partial charge in [-0.1, -0.05) is 11.6 Å². The van der Waals surface area contributed by atoms with Crippen LogP contribution in [0.15, 0.2) is 18.3 Å². The van der Waals surface area contributed by atoms with Gasteiger partial charge >= 0.3 is 0 Å². The largest absolute Gasteiger partial charge is 0.310 e. The number of hydrazine groups is 1. The van der Waals surface area contributed by atoms with E-state index in [0.717, 1.165) is 38.9 Å². The smallest absolute Gasteiger partial charge is 0.239 e. The van der Waals surface area contributed by atoms with Crippen LogP contribution in [-0.4, -0.2) is 76.3 Å². The summed E-state index contributed by atoms with van der Waals surface area (Å²) in [6, 6.07) is 6.08. The van der Waals surface area contributed by atoms with E-state index in [1.807, 2.05) is 10.1 Å². The maximum Gasteiger partial charge on any atom is 0.239 e. The van der Waals surface area contributed by atoms with Crippen molar-refractivity contribution in [2.45, 2.75) is 43.4 Å². The number of nitrogens with two attached hydrogens (primary N) is 1. The molecule has 1 aromatic heterocycles. The lowest BCUT2D eigenvalue weighted by Gasteiger charge is -2.46. The Morgan fingerprint density at radius 2 is 2.21 bits per heavy atom. The molecule has 1 aromatic rings. The molecule has 3 unspecified atom stereocenters. The molecule has 5 rings (SSSR count). The number of rotatable bonds is 7. The van der Waals surface area contributed by atoms with Gasteiger partial charge in [-0.3, -0.25) is 20.4 Å². The second kappa shape index (κ2) is 8.52. The standard InChI is InChI=1S/C19H26ClN7O2/c20-14-1-2-17(23-11-14)24-18(28)12-25-7-3-15(4-8-25)26(22)10-6-19(13-21)16-5-9-27(19)29-16/h1-2,11,15-16H,3-10,12,22H2,(H,23,24,28). The van der Waals surface area contributed by atoms with E-state index in [4.69, 9.17) is 22.3 Å². The van der Waals surface area contributed by atoms with Crippen LogP contribution in [0.3, 0.4) is 0 Å². The highest BCUT2D eigenvalue weighted by molar-refractivity contribution is 6.30. The Morgan fingerprint density at radius 3 is 2.79 bits per heavy atom. The number of halogens is 1. The minimum Gasteiger partial charge on any atom is -0.310 e. The Bertz CT molecular complexity index is 762. The van der Waals surface area contributed by atoms with Gasteiger partial charge in [0.1, 0.15) is 11.9 Å².